The first-order valence-electron chi connectivity index (χ1n) is 5.39. The number of imide groups is 1. The van der Waals surface area contributed by atoms with Crippen molar-refractivity contribution in [3.63, 3.8) is 0 Å². The number of aryl methyl sites for hydroxylation is 1. The van der Waals surface area contributed by atoms with Gasteiger partial charge in [-0.1, -0.05) is 15.3 Å². The number of halogens is 1. The van der Waals surface area contributed by atoms with Crippen LogP contribution < -0.4 is 10.0 Å². The average molecular weight is 386 g/mol. The van der Waals surface area contributed by atoms with Crippen LogP contribution in [0.2, 0.25) is 5.02 Å². The van der Waals surface area contributed by atoms with Gasteiger partial charge in [0, 0.05) is 9.92 Å². The minimum atomic E-state index is -4.90. The molecular formula is C9H8ClN3O6S3. The van der Waals surface area contributed by atoms with Crippen molar-refractivity contribution in [3.05, 3.63) is 22.7 Å². The highest BCUT2D eigenvalue weighted by molar-refractivity contribution is 8.04. The average Bonchev–Trinajstić information content (AvgIpc) is 2.30. The van der Waals surface area contributed by atoms with Gasteiger partial charge in [0.15, 0.2) is 0 Å². The van der Waals surface area contributed by atoms with Crippen LogP contribution >= 0.6 is 24.2 Å². The van der Waals surface area contributed by atoms with E-state index in [0.29, 0.717) is 5.56 Å². The summed E-state index contributed by atoms with van der Waals surface area (Å²) in [5, 5.41) is 1.75. The summed E-state index contributed by atoms with van der Waals surface area (Å²) in [5.74, 6) is 0. The molecule has 4 amide bonds. The molecule has 22 heavy (non-hydrogen) atoms. The maximum absolute atomic E-state index is 12.4. The number of urea groups is 2. The highest BCUT2D eigenvalue weighted by Crippen LogP contribution is 2.30. The van der Waals surface area contributed by atoms with E-state index < -0.39 is 40.9 Å². The zero-order valence-electron chi connectivity index (χ0n) is 10.7. The molecule has 1 aromatic rings. The molecule has 0 aromatic heterocycles. The summed E-state index contributed by atoms with van der Waals surface area (Å²) in [6, 6.07) is -0.710. The fourth-order valence-corrected chi connectivity index (χ4v) is 5.50. The number of amides is 4. The highest BCUT2D eigenvalue weighted by Gasteiger charge is 2.45. The van der Waals surface area contributed by atoms with E-state index in [1.807, 2.05) is 0 Å². The molecule has 120 valence electrons. The molecule has 0 unspecified atom stereocenters. The van der Waals surface area contributed by atoms with Gasteiger partial charge in [-0.3, -0.25) is 5.32 Å². The number of nitrogens with one attached hydrogen (secondary N) is 2. The smallest absolute Gasteiger partial charge is 0.257 e. The lowest BCUT2D eigenvalue weighted by atomic mass is 10.2. The lowest BCUT2D eigenvalue weighted by Gasteiger charge is -2.26. The Morgan fingerprint density at radius 1 is 1.27 bits per heavy atom. The van der Waals surface area contributed by atoms with E-state index in [2.05, 4.69) is 12.6 Å². The van der Waals surface area contributed by atoms with Crippen molar-refractivity contribution in [2.75, 3.05) is 0 Å². The number of carbonyl (C=O) groups excluding carboxylic acids is 2. The Kier molecular flexibility index (Phi) is 4.06. The van der Waals surface area contributed by atoms with Gasteiger partial charge in [-0.25, -0.2) is 14.3 Å². The second kappa shape index (κ2) is 5.30. The molecule has 0 saturated carbocycles. The number of hydrogen-bond acceptors (Lipinski definition) is 7. The van der Waals surface area contributed by atoms with Crippen LogP contribution in [-0.4, -0.2) is 32.6 Å². The molecule has 2 N–H and O–H groups in total. The molecule has 0 radical (unpaired) electrons. The third kappa shape index (κ3) is 2.74. The summed E-state index contributed by atoms with van der Waals surface area (Å²) >= 11 is 9.74. The van der Waals surface area contributed by atoms with E-state index in [9.17, 15) is 26.4 Å². The molecule has 1 aromatic carbocycles. The largest absolute Gasteiger partial charge is 0.355 e. The van der Waals surface area contributed by atoms with Crippen molar-refractivity contribution in [2.45, 2.75) is 16.7 Å². The van der Waals surface area contributed by atoms with Crippen LogP contribution in [-0.2, 0) is 20.2 Å². The van der Waals surface area contributed by atoms with Crippen LogP contribution in [0.1, 0.15) is 5.56 Å². The second-order valence-electron chi connectivity index (χ2n) is 4.14. The molecule has 0 aliphatic carbocycles. The minimum absolute atomic E-state index is 0.157. The van der Waals surface area contributed by atoms with Gasteiger partial charge in [0.25, 0.3) is 10.0 Å². The molecule has 1 fully saturated rings. The maximum atomic E-state index is 12.4. The van der Waals surface area contributed by atoms with Crippen molar-refractivity contribution in [1.29, 1.82) is 0 Å². The van der Waals surface area contributed by atoms with Crippen LogP contribution in [0.3, 0.4) is 0 Å². The third-order valence-electron chi connectivity index (χ3n) is 2.56. The SMILES string of the molecule is Cc1cc(S(=O)(=O)N2C(=O)NC(=O)NS2(=O)=O)c(S)cc1Cl. The molecule has 1 heterocycles. The molecule has 9 nitrogen and oxygen atoms in total. The lowest BCUT2D eigenvalue weighted by Crippen LogP contribution is -2.61. The number of hydrogen-bond donors (Lipinski definition) is 3. The minimum Gasteiger partial charge on any atom is -0.257 e. The van der Waals surface area contributed by atoms with Crippen molar-refractivity contribution in [3.8, 4) is 0 Å². The molecule has 1 aliphatic rings. The van der Waals surface area contributed by atoms with Gasteiger partial charge in [-0.15, -0.1) is 12.6 Å². The number of carbonyl (C=O) groups is 2. The number of thiol groups is 1. The van der Waals surface area contributed by atoms with Crippen molar-refractivity contribution < 1.29 is 26.4 Å². The van der Waals surface area contributed by atoms with Gasteiger partial charge in [-0.2, -0.15) is 16.8 Å². The van der Waals surface area contributed by atoms with Crippen molar-refractivity contribution >= 4 is 56.5 Å². The standard InChI is InChI=1S/C9H8ClN3O6S3/c1-4-2-7(6(20)3-5(4)10)21(16,17)13-9(15)11-8(14)12-22(13,18)19/h2-3,20H,1H3,(H2,11,12,14,15). The van der Waals surface area contributed by atoms with Gasteiger partial charge < -0.3 is 0 Å². The van der Waals surface area contributed by atoms with Crippen LogP contribution in [0.25, 0.3) is 0 Å². The summed E-state index contributed by atoms with van der Waals surface area (Å²) < 4.78 is 49.4. The van der Waals surface area contributed by atoms with E-state index >= 15 is 0 Å². The molecular weight excluding hydrogens is 378 g/mol. The first-order valence-corrected chi connectivity index (χ1v) is 9.09. The Bertz CT molecular complexity index is 895. The monoisotopic (exact) mass is 385 g/mol. The topological polar surface area (TPSA) is 130 Å². The Morgan fingerprint density at radius 3 is 2.41 bits per heavy atom. The summed E-state index contributed by atoms with van der Waals surface area (Å²) in [4.78, 5) is 21.9. The normalized spacial score (nSPS) is 17.9. The van der Waals surface area contributed by atoms with Gasteiger partial charge in [0.2, 0.25) is 0 Å². The molecule has 13 heteroatoms. The number of benzene rings is 1. The van der Waals surface area contributed by atoms with Gasteiger partial charge in [-0.05, 0) is 24.6 Å². The Labute approximate surface area is 136 Å². The molecule has 0 spiro atoms. The number of sulfonamides is 1. The van der Waals surface area contributed by atoms with Crippen LogP contribution in [0.4, 0.5) is 9.59 Å². The molecule has 0 atom stereocenters. The zero-order chi connectivity index (χ0) is 16.9. The lowest BCUT2D eigenvalue weighted by molar-refractivity contribution is 0.222. The van der Waals surface area contributed by atoms with Gasteiger partial charge in [0.1, 0.15) is 4.90 Å². The second-order valence-corrected chi connectivity index (χ2v) is 8.53. The molecule has 0 bridgehead atoms. The van der Waals surface area contributed by atoms with Crippen LogP contribution in [0, 0.1) is 6.92 Å². The van der Waals surface area contributed by atoms with E-state index in [4.69, 9.17) is 11.6 Å². The van der Waals surface area contributed by atoms with Gasteiger partial charge in [0.05, 0.1) is 0 Å². The van der Waals surface area contributed by atoms with E-state index in [0.717, 1.165) is 6.07 Å². The first kappa shape index (κ1) is 16.9. The highest BCUT2D eigenvalue weighted by atomic mass is 35.5. The van der Waals surface area contributed by atoms with Gasteiger partial charge >= 0.3 is 22.3 Å². The zero-order valence-corrected chi connectivity index (χ0v) is 14.0. The van der Waals surface area contributed by atoms with E-state index in [1.165, 1.54) is 23.0 Å². The predicted molar refractivity (Wildman–Crippen MR) is 78.4 cm³/mol. The van der Waals surface area contributed by atoms with E-state index in [-0.39, 0.29) is 9.92 Å². The summed E-state index contributed by atoms with van der Waals surface area (Å²) in [6.45, 7) is 1.49. The fourth-order valence-electron chi connectivity index (χ4n) is 1.61. The molecule has 2 rings (SSSR count). The van der Waals surface area contributed by atoms with E-state index in [1.54, 1.807) is 0 Å². The van der Waals surface area contributed by atoms with Crippen molar-refractivity contribution in [1.82, 2.24) is 13.7 Å². The number of nitrogens with zero attached hydrogens (tertiary/aromatic N) is 1. The predicted octanol–water partition coefficient (Wildman–Crippen LogP) is 0.605. The van der Waals surface area contributed by atoms with Crippen LogP contribution in [0.15, 0.2) is 21.9 Å². The fraction of sp³-hybridized carbons (Fsp3) is 0.111. The third-order valence-corrected chi connectivity index (χ3v) is 7.21. The Hall–Kier alpha value is -1.50. The van der Waals surface area contributed by atoms with Crippen LogP contribution in [0.5, 0.6) is 0 Å². The quantitative estimate of drug-likeness (QED) is 0.639. The van der Waals surface area contributed by atoms with Crippen molar-refractivity contribution in [2.24, 2.45) is 0 Å². The Morgan fingerprint density at radius 2 is 1.86 bits per heavy atom. The summed E-state index contributed by atoms with van der Waals surface area (Å²) in [6.07, 6.45) is 0. The maximum Gasteiger partial charge on any atom is 0.355 e. The Balaban J connectivity index is 2.67. The number of rotatable bonds is 2. The first-order chi connectivity index (χ1) is 9.96. The summed E-state index contributed by atoms with van der Waals surface area (Å²) in [5.41, 5.74) is 0.330. The summed E-state index contributed by atoms with van der Waals surface area (Å²) in [7, 11) is -9.73. The molecule has 1 saturated heterocycles. The molecule has 1 aliphatic heterocycles.